The summed E-state index contributed by atoms with van der Waals surface area (Å²) >= 11 is 0. The van der Waals surface area contributed by atoms with Crippen molar-refractivity contribution in [2.75, 3.05) is 45.1 Å². The molecule has 1 fully saturated rings. The number of fused-ring (bicyclic) bond motifs is 1. The highest BCUT2D eigenvalue weighted by atomic mass is 16.5. The fourth-order valence-electron chi connectivity index (χ4n) is 2.98. The van der Waals surface area contributed by atoms with Crippen molar-refractivity contribution in [2.24, 2.45) is 0 Å². The van der Waals surface area contributed by atoms with Crippen molar-refractivity contribution >= 4 is 11.6 Å². The van der Waals surface area contributed by atoms with Crippen LogP contribution in [0.2, 0.25) is 0 Å². The molecule has 0 aromatic heterocycles. The Labute approximate surface area is 137 Å². The molecule has 0 spiro atoms. The van der Waals surface area contributed by atoms with Gasteiger partial charge in [0.25, 0.3) is 5.91 Å². The van der Waals surface area contributed by atoms with Crippen LogP contribution in [0, 0.1) is 0 Å². The van der Waals surface area contributed by atoms with Gasteiger partial charge in [0.1, 0.15) is 5.75 Å². The van der Waals surface area contributed by atoms with Crippen molar-refractivity contribution in [2.45, 2.75) is 25.6 Å². The van der Waals surface area contributed by atoms with Crippen molar-refractivity contribution in [3.05, 3.63) is 23.8 Å². The highest BCUT2D eigenvalue weighted by Crippen LogP contribution is 2.32. The number of ether oxygens (including phenoxy) is 1. The van der Waals surface area contributed by atoms with Gasteiger partial charge in [-0.25, -0.2) is 0 Å². The Morgan fingerprint density at radius 3 is 2.83 bits per heavy atom. The molecule has 3 rings (SSSR count). The van der Waals surface area contributed by atoms with E-state index in [1.807, 2.05) is 18.2 Å². The van der Waals surface area contributed by atoms with Crippen LogP contribution in [0.15, 0.2) is 18.2 Å². The Kier molecular flexibility index (Phi) is 4.84. The number of carbonyl (C=O) groups is 1. The summed E-state index contributed by atoms with van der Waals surface area (Å²) in [6, 6.07) is 5.51. The maximum atomic E-state index is 11.7. The van der Waals surface area contributed by atoms with Gasteiger partial charge in [-0.15, -0.1) is 0 Å². The number of nitrogens with one attached hydrogen (secondary N) is 1. The molecule has 0 bridgehead atoms. The van der Waals surface area contributed by atoms with E-state index in [1.54, 1.807) is 6.92 Å². The Bertz CT molecular complexity index is 570. The largest absolute Gasteiger partial charge is 0.479 e. The highest BCUT2D eigenvalue weighted by Gasteiger charge is 2.24. The molecule has 1 aromatic carbocycles. The normalized spacial score (nSPS) is 23.8. The molecule has 2 heterocycles. The third kappa shape index (κ3) is 3.83. The average Bonchev–Trinajstić information content (AvgIpc) is 2.54. The fraction of sp³-hybridized carbons (Fsp3) is 0.588. The molecule has 1 aromatic rings. The zero-order valence-corrected chi connectivity index (χ0v) is 13.8. The van der Waals surface area contributed by atoms with Gasteiger partial charge in [-0.2, -0.15) is 0 Å². The third-order valence-electron chi connectivity index (χ3n) is 4.63. The van der Waals surface area contributed by atoms with Crippen LogP contribution in [-0.4, -0.2) is 66.7 Å². The summed E-state index contributed by atoms with van der Waals surface area (Å²) in [6.45, 7) is 6.86. The first kappa shape index (κ1) is 16.2. The lowest BCUT2D eigenvalue weighted by molar-refractivity contribution is -0.122. The van der Waals surface area contributed by atoms with E-state index in [-0.39, 0.29) is 5.91 Å². The molecule has 6 nitrogen and oxygen atoms in total. The first-order chi connectivity index (χ1) is 11.0. The van der Waals surface area contributed by atoms with Crippen LogP contribution in [0.5, 0.6) is 5.75 Å². The van der Waals surface area contributed by atoms with E-state index in [2.05, 4.69) is 22.2 Å². The lowest BCUT2D eigenvalue weighted by atomic mass is 10.0. The minimum Gasteiger partial charge on any atom is -0.479 e. The van der Waals surface area contributed by atoms with Crippen molar-refractivity contribution in [1.82, 2.24) is 9.80 Å². The number of piperazine rings is 1. The Hall–Kier alpha value is -1.63. The number of likely N-dealkylation sites (N-methyl/N-ethyl adjacent to an activating group) is 1. The molecule has 2 aliphatic heterocycles. The topological polar surface area (TPSA) is 65.0 Å². The maximum absolute atomic E-state index is 11.7. The lowest BCUT2D eigenvalue weighted by Crippen LogP contribution is -2.44. The standard InChI is InChI=1S/C17H25N3O3/c1-12-17(22)18-14-11-13(3-4-16(14)23-12)15(21)5-6-20-9-7-19(2)8-10-20/h3-4,11-12,15,21H,5-10H2,1-2H3,(H,18,22). The Balaban J connectivity index is 1.58. The van der Waals surface area contributed by atoms with Crippen molar-refractivity contribution in [3.8, 4) is 5.75 Å². The SMILES string of the molecule is CC1Oc2ccc(C(O)CCN3CCN(C)CC3)cc2NC1=O. The highest BCUT2D eigenvalue weighted by molar-refractivity contribution is 5.97. The molecule has 2 unspecified atom stereocenters. The molecule has 6 heteroatoms. The predicted molar refractivity (Wildman–Crippen MR) is 88.7 cm³/mol. The predicted octanol–water partition coefficient (Wildman–Crippen LogP) is 1.08. The number of carbonyl (C=O) groups excluding carboxylic acids is 1. The van der Waals surface area contributed by atoms with Gasteiger partial charge in [0, 0.05) is 32.7 Å². The van der Waals surface area contributed by atoms with E-state index in [0.717, 1.165) is 38.3 Å². The van der Waals surface area contributed by atoms with Crippen LogP contribution in [0.3, 0.4) is 0 Å². The van der Waals surface area contributed by atoms with E-state index in [1.165, 1.54) is 0 Å². The maximum Gasteiger partial charge on any atom is 0.265 e. The molecule has 0 saturated carbocycles. The fourth-order valence-corrected chi connectivity index (χ4v) is 2.98. The second-order valence-electron chi connectivity index (χ2n) is 6.45. The third-order valence-corrected chi connectivity index (χ3v) is 4.63. The second kappa shape index (κ2) is 6.86. The zero-order chi connectivity index (χ0) is 16.4. The van der Waals surface area contributed by atoms with Gasteiger partial charge in [0.05, 0.1) is 11.8 Å². The van der Waals surface area contributed by atoms with Crippen LogP contribution in [0.4, 0.5) is 5.69 Å². The van der Waals surface area contributed by atoms with Crippen LogP contribution < -0.4 is 10.1 Å². The van der Waals surface area contributed by atoms with Crippen molar-refractivity contribution < 1.29 is 14.6 Å². The second-order valence-corrected chi connectivity index (χ2v) is 6.45. The summed E-state index contributed by atoms with van der Waals surface area (Å²) in [6.07, 6.45) is -0.319. The van der Waals surface area contributed by atoms with Gasteiger partial charge in [-0.05, 0) is 38.1 Å². The molecule has 0 radical (unpaired) electrons. The molecular formula is C17H25N3O3. The van der Waals surface area contributed by atoms with Gasteiger partial charge in [0.2, 0.25) is 0 Å². The number of hydrogen-bond acceptors (Lipinski definition) is 5. The first-order valence-electron chi connectivity index (χ1n) is 8.23. The molecule has 23 heavy (non-hydrogen) atoms. The van der Waals surface area contributed by atoms with Gasteiger partial charge in [0.15, 0.2) is 6.10 Å². The summed E-state index contributed by atoms with van der Waals surface area (Å²) in [5.74, 6) is 0.508. The summed E-state index contributed by atoms with van der Waals surface area (Å²) in [4.78, 5) is 16.4. The van der Waals surface area contributed by atoms with Crippen LogP contribution in [0.1, 0.15) is 25.0 Å². The Morgan fingerprint density at radius 2 is 2.09 bits per heavy atom. The zero-order valence-electron chi connectivity index (χ0n) is 13.8. The van der Waals surface area contributed by atoms with Crippen LogP contribution in [-0.2, 0) is 4.79 Å². The average molecular weight is 319 g/mol. The molecule has 0 aliphatic carbocycles. The summed E-state index contributed by atoms with van der Waals surface area (Å²) in [5.41, 5.74) is 1.46. The van der Waals surface area contributed by atoms with Crippen LogP contribution >= 0.6 is 0 Å². The number of aliphatic hydroxyl groups excluding tert-OH is 1. The minimum atomic E-state index is -0.531. The summed E-state index contributed by atoms with van der Waals surface area (Å²) in [5, 5.41) is 13.3. The number of rotatable bonds is 4. The van der Waals surface area contributed by atoms with Gasteiger partial charge < -0.3 is 25.0 Å². The number of amides is 1. The molecule has 2 atom stereocenters. The van der Waals surface area contributed by atoms with E-state index in [0.29, 0.717) is 17.9 Å². The molecule has 2 N–H and O–H groups in total. The number of nitrogens with zero attached hydrogens (tertiary/aromatic N) is 2. The number of aliphatic hydroxyl groups is 1. The van der Waals surface area contributed by atoms with Crippen molar-refractivity contribution in [3.63, 3.8) is 0 Å². The monoisotopic (exact) mass is 319 g/mol. The minimum absolute atomic E-state index is 0.151. The van der Waals surface area contributed by atoms with Gasteiger partial charge >= 0.3 is 0 Å². The molecule has 1 saturated heterocycles. The van der Waals surface area contributed by atoms with Crippen molar-refractivity contribution in [1.29, 1.82) is 0 Å². The molecule has 2 aliphatic rings. The van der Waals surface area contributed by atoms with Crippen LogP contribution in [0.25, 0.3) is 0 Å². The lowest BCUT2D eigenvalue weighted by Gasteiger charge is -2.32. The number of hydrogen-bond donors (Lipinski definition) is 2. The van der Waals surface area contributed by atoms with Gasteiger partial charge in [-0.1, -0.05) is 6.07 Å². The first-order valence-corrected chi connectivity index (χ1v) is 8.23. The smallest absolute Gasteiger partial charge is 0.265 e. The molecule has 1 amide bonds. The summed E-state index contributed by atoms with van der Waals surface area (Å²) in [7, 11) is 2.14. The van der Waals surface area contributed by atoms with Gasteiger partial charge in [-0.3, -0.25) is 4.79 Å². The quantitative estimate of drug-likeness (QED) is 0.869. The molecule has 126 valence electrons. The van der Waals surface area contributed by atoms with E-state index >= 15 is 0 Å². The van der Waals surface area contributed by atoms with E-state index < -0.39 is 12.2 Å². The summed E-state index contributed by atoms with van der Waals surface area (Å²) < 4.78 is 5.54. The number of anilines is 1. The van der Waals surface area contributed by atoms with E-state index in [9.17, 15) is 9.90 Å². The number of benzene rings is 1. The molecular weight excluding hydrogens is 294 g/mol. The van der Waals surface area contributed by atoms with E-state index in [4.69, 9.17) is 4.74 Å². The Morgan fingerprint density at radius 1 is 1.35 bits per heavy atom.